The van der Waals surface area contributed by atoms with E-state index in [1.807, 2.05) is 6.07 Å². The van der Waals surface area contributed by atoms with Crippen LogP contribution in [0, 0.1) is 0 Å². The maximum absolute atomic E-state index is 6.30. The average Bonchev–Trinajstić information content (AvgIpc) is 3.18. The SMILES string of the molecule is Clc1cc2c(cc1Cc1nc([C@@H]3CCOC3)no1)OCCO2. The number of fused-ring (bicyclic) bond motifs is 1. The second-order valence-electron chi connectivity index (χ2n) is 5.37. The highest BCUT2D eigenvalue weighted by Crippen LogP contribution is 2.36. The van der Waals surface area contributed by atoms with Crippen LogP contribution < -0.4 is 9.47 Å². The number of hydrogen-bond acceptors (Lipinski definition) is 6. The summed E-state index contributed by atoms with van der Waals surface area (Å²) < 4.78 is 21.8. The Kier molecular flexibility index (Phi) is 3.63. The van der Waals surface area contributed by atoms with Crippen molar-refractivity contribution >= 4 is 11.6 Å². The van der Waals surface area contributed by atoms with E-state index in [0.717, 1.165) is 18.6 Å². The fourth-order valence-electron chi connectivity index (χ4n) is 2.65. The second-order valence-corrected chi connectivity index (χ2v) is 5.78. The van der Waals surface area contributed by atoms with Crippen molar-refractivity contribution in [3.8, 4) is 11.5 Å². The molecular formula is C15H15ClN2O4. The summed E-state index contributed by atoms with van der Waals surface area (Å²) in [5.41, 5.74) is 0.879. The Bertz CT molecular complexity index is 682. The highest BCUT2D eigenvalue weighted by Gasteiger charge is 2.23. The number of benzene rings is 1. The van der Waals surface area contributed by atoms with Crippen LogP contribution in [0.3, 0.4) is 0 Å². The lowest BCUT2D eigenvalue weighted by Crippen LogP contribution is -2.15. The Morgan fingerprint density at radius 1 is 1.14 bits per heavy atom. The highest BCUT2D eigenvalue weighted by molar-refractivity contribution is 6.31. The van der Waals surface area contributed by atoms with Gasteiger partial charge in [-0.15, -0.1) is 0 Å². The lowest BCUT2D eigenvalue weighted by molar-refractivity contribution is 0.171. The van der Waals surface area contributed by atoms with Crippen LogP contribution in [0.1, 0.15) is 29.6 Å². The van der Waals surface area contributed by atoms with E-state index in [2.05, 4.69) is 10.1 Å². The zero-order valence-corrected chi connectivity index (χ0v) is 12.6. The zero-order chi connectivity index (χ0) is 14.9. The van der Waals surface area contributed by atoms with E-state index < -0.39 is 0 Å². The number of halogens is 1. The molecule has 1 fully saturated rings. The molecular weight excluding hydrogens is 308 g/mol. The van der Waals surface area contributed by atoms with E-state index in [0.29, 0.717) is 54.5 Å². The fraction of sp³-hybridized carbons (Fsp3) is 0.467. The summed E-state index contributed by atoms with van der Waals surface area (Å²) in [5, 5.41) is 4.65. The average molecular weight is 323 g/mol. The molecule has 1 aromatic carbocycles. The molecule has 3 heterocycles. The predicted molar refractivity (Wildman–Crippen MR) is 77.7 cm³/mol. The molecule has 2 aliphatic heterocycles. The molecule has 1 aromatic heterocycles. The molecule has 0 unspecified atom stereocenters. The minimum atomic E-state index is 0.230. The summed E-state index contributed by atoms with van der Waals surface area (Å²) in [6, 6.07) is 3.65. The molecule has 4 rings (SSSR count). The van der Waals surface area contributed by atoms with E-state index in [9.17, 15) is 0 Å². The van der Waals surface area contributed by atoms with Crippen molar-refractivity contribution in [1.29, 1.82) is 0 Å². The standard InChI is InChI=1S/C15H15ClN2O4/c16-11-7-13-12(20-3-4-21-13)5-10(11)6-14-17-15(18-22-14)9-1-2-19-8-9/h5,7,9H,1-4,6,8H2/t9-/m1/s1. The van der Waals surface area contributed by atoms with E-state index in [1.165, 1.54) is 0 Å². The Labute approximate surface area is 132 Å². The topological polar surface area (TPSA) is 66.6 Å². The first-order valence-corrected chi connectivity index (χ1v) is 7.65. The van der Waals surface area contributed by atoms with Gasteiger partial charge in [0.05, 0.1) is 13.0 Å². The van der Waals surface area contributed by atoms with Gasteiger partial charge in [0.25, 0.3) is 0 Å². The number of aromatic nitrogens is 2. The maximum atomic E-state index is 6.30. The molecule has 0 bridgehead atoms. The van der Waals surface area contributed by atoms with Crippen molar-refractivity contribution in [2.45, 2.75) is 18.8 Å². The number of ether oxygens (including phenoxy) is 3. The van der Waals surface area contributed by atoms with E-state index >= 15 is 0 Å². The van der Waals surface area contributed by atoms with Crippen molar-refractivity contribution in [3.63, 3.8) is 0 Å². The molecule has 1 saturated heterocycles. The second kappa shape index (κ2) is 5.78. The van der Waals surface area contributed by atoms with Gasteiger partial charge >= 0.3 is 0 Å². The van der Waals surface area contributed by atoms with Gasteiger partial charge in [-0.3, -0.25) is 0 Å². The fourth-order valence-corrected chi connectivity index (χ4v) is 2.87. The molecule has 116 valence electrons. The molecule has 2 aromatic rings. The van der Waals surface area contributed by atoms with Gasteiger partial charge in [-0.25, -0.2) is 0 Å². The smallest absolute Gasteiger partial charge is 0.231 e. The zero-order valence-electron chi connectivity index (χ0n) is 11.9. The van der Waals surface area contributed by atoms with Crippen LogP contribution in [0.5, 0.6) is 11.5 Å². The Hall–Kier alpha value is -1.79. The first kappa shape index (κ1) is 13.8. The van der Waals surface area contributed by atoms with Crippen LogP contribution in [-0.2, 0) is 11.2 Å². The van der Waals surface area contributed by atoms with Crippen LogP contribution in [0.2, 0.25) is 5.02 Å². The molecule has 7 heteroatoms. The molecule has 2 aliphatic rings. The number of hydrogen-bond donors (Lipinski definition) is 0. The molecule has 0 radical (unpaired) electrons. The predicted octanol–water partition coefficient (Wildman–Crippen LogP) is 2.59. The molecule has 0 saturated carbocycles. The summed E-state index contributed by atoms with van der Waals surface area (Å²) >= 11 is 6.30. The normalized spacial score (nSPS) is 20.3. The number of rotatable bonds is 3. The van der Waals surface area contributed by atoms with E-state index in [4.69, 9.17) is 30.3 Å². The summed E-state index contributed by atoms with van der Waals surface area (Å²) in [6.45, 7) is 2.49. The lowest BCUT2D eigenvalue weighted by atomic mass is 10.1. The van der Waals surface area contributed by atoms with Gasteiger partial charge in [-0.05, 0) is 18.1 Å². The van der Waals surface area contributed by atoms with Gasteiger partial charge < -0.3 is 18.7 Å². The summed E-state index contributed by atoms with van der Waals surface area (Å²) in [5.74, 6) is 2.86. The third-order valence-corrected chi connectivity index (χ3v) is 4.18. The van der Waals surface area contributed by atoms with Gasteiger partial charge in [0, 0.05) is 23.6 Å². The quantitative estimate of drug-likeness (QED) is 0.865. The van der Waals surface area contributed by atoms with Crippen LogP contribution >= 0.6 is 11.6 Å². The van der Waals surface area contributed by atoms with Crippen molar-refractivity contribution < 1.29 is 18.7 Å². The summed E-state index contributed by atoms with van der Waals surface area (Å²) in [7, 11) is 0. The molecule has 1 atom stereocenters. The van der Waals surface area contributed by atoms with Gasteiger partial charge in [0.15, 0.2) is 17.3 Å². The molecule has 22 heavy (non-hydrogen) atoms. The summed E-state index contributed by atoms with van der Waals surface area (Å²) in [6.07, 6.45) is 1.40. The van der Waals surface area contributed by atoms with Gasteiger partial charge in [0.2, 0.25) is 5.89 Å². The van der Waals surface area contributed by atoms with E-state index in [1.54, 1.807) is 6.07 Å². The Morgan fingerprint density at radius 3 is 2.73 bits per heavy atom. The van der Waals surface area contributed by atoms with Crippen molar-refractivity contribution in [2.24, 2.45) is 0 Å². The van der Waals surface area contributed by atoms with Crippen molar-refractivity contribution in [2.75, 3.05) is 26.4 Å². The maximum Gasteiger partial charge on any atom is 0.231 e. The van der Waals surface area contributed by atoms with Crippen LogP contribution in [-0.4, -0.2) is 36.6 Å². The van der Waals surface area contributed by atoms with Crippen LogP contribution in [0.15, 0.2) is 16.7 Å². The highest BCUT2D eigenvalue weighted by atomic mass is 35.5. The third-order valence-electron chi connectivity index (χ3n) is 3.83. The molecule has 0 aliphatic carbocycles. The Morgan fingerprint density at radius 2 is 1.95 bits per heavy atom. The third kappa shape index (κ3) is 2.64. The van der Waals surface area contributed by atoms with E-state index in [-0.39, 0.29) is 5.92 Å². The van der Waals surface area contributed by atoms with Gasteiger partial charge in [0.1, 0.15) is 13.2 Å². The lowest BCUT2D eigenvalue weighted by Gasteiger charge is -2.19. The first-order valence-electron chi connectivity index (χ1n) is 7.28. The van der Waals surface area contributed by atoms with Gasteiger partial charge in [-0.2, -0.15) is 4.98 Å². The van der Waals surface area contributed by atoms with Crippen LogP contribution in [0.25, 0.3) is 0 Å². The molecule has 0 N–H and O–H groups in total. The van der Waals surface area contributed by atoms with Crippen LogP contribution in [0.4, 0.5) is 0 Å². The molecule has 0 spiro atoms. The first-order chi connectivity index (χ1) is 10.8. The van der Waals surface area contributed by atoms with Gasteiger partial charge in [-0.1, -0.05) is 16.8 Å². The largest absolute Gasteiger partial charge is 0.486 e. The minimum absolute atomic E-state index is 0.230. The van der Waals surface area contributed by atoms with Crippen molar-refractivity contribution in [3.05, 3.63) is 34.4 Å². The minimum Gasteiger partial charge on any atom is -0.486 e. The molecule has 0 amide bonds. The number of nitrogens with zero attached hydrogens (tertiary/aromatic N) is 2. The monoisotopic (exact) mass is 322 g/mol. The Balaban J connectivity index is 1.55. The molecule has 6 nitrogen and oxygen atoms in total. The summed E-state index contributed by atoms with van der Waals surface area (Å²) in [4.78, 5) is 4.45. The van der Waals surface area contributed by atoms with Crippen molar-refractivity contribution in [1.82, 2.24) is 10.1 Å².